The number of hydrogen-bond donors (Lipinski definition) is 2. The molecule has 36 heavy (non-hydrogen) atoms. The van der Waals surface area contributed by atoms with Gasteiger partial charge in [-0.2, -0.15) is 0 Å². The van der Waals surface area contributed by atoms with Gasteiger partial charge in [0.25, 0.3) is 5.91 Å². The van der Waals surface area contributed by atoms with Gasteiger partial charge in [-0.1, -0.05) is 114 Å². The Balaban J connectivity index is 1.66. The van der Waals surface area contributed by atoms with E-state index in [0.717, 1.165) is 24.0 Å². The number of hydroxylamine groups is 2. The minimum absolute atomic E-state index is 0.0681. The molecule has 2 aromatic rings. The Labute approximate surface area is 217 Å². The van der Waals surface area contributed by atoms with Gasteiger partial charge in [0.05, 0.1) is 13.1 Å². The standard InChI is InChI=1S/C30H44N2O4/c1-2-3-4-5-6-7-8-9-10-11-15-22-31-30(35)28-20-18-27(19-21-28)24-32(36-29(34)25-33)23-26-16-13-12-14-17-26/h12-14,16-21,33H,2-11,15,22-25H2,1H3,(H,31,35). The van der Waals surface area contributed by atoms with Crippen LogP contribution < -0.4 is 5.32 Å². The molecule has 0 fully saturated rings. The maximum Gasteiger partial charge on any atom is 0.350 e. The van der Waals surface area contributed by atoms with E-state index in [1.165, 1.54) is 62.9 Å². The summed E-state index contributed by atoms with van der Waals surface area (Å²) in [4.78, 5) is 29.4. The van der Waals surface area contributed by atoms with Crippen molar-refractivity contribution in [1.29, 1.82) is 0 Å². The summed E-state index contributed by atoms with van der Waals surface area (Å²) in [6.07, 6.45) is 14.2. The van der Waals surface area contributed by atoms with Crippen LogP contribution in [0.1, 0.15) is 99.0 Å². The second-order valence-electron chi connectivity index (χ2n) is 9.39. The van der Waals surface area contributed by atoms with E-state index in [4.69, 9.17) is 9.94 Å². The summed E-state index contributed by atoms with van der Waals surface area (Å²) in [6, 6.07) is 17.0. The summed E-state index contributed by atoms with van der Waals surface area (Å²) in [7, 11) is 0. The number of hydrogen-bond acceptors (Lipinski definition) is 5. The molecule has 0 heterocycles. The normalized spacial score (nSPS) is 11.0. The molecule has 2 N–H and O–H groups in total. The van der Waals surface area contributed by atoms with E-state index in [-0.39, 0.29) is 5.91 Å². The number of aliphatic hydroxyl groups is 1. The monoisotopic (exact) mass is 496 g/mol. The molecule has 0 atom stereocenters. The van der Waals surface area contributed by atoms with Gasteiger partial charge >= 0.3 is 5.97 Å². The summed E-state index contributed by atoms with van der Waals surface area (Å²) in [5, 5.41) is 13.6. The molecule has 0 saturated heterocycles. The number of carbonyl (C=O) groups is 2. The number of unbranched alkanes of at least 4 members (excludes halogenated alkanes) is 10. The molecule has 0 bridgehead atoms. The largest absolute Gasteiger partial charge is 0.385 e. The Bertz CT molecular complexity index is 855. The van der Waals surface area contributed by atoms with Gasteiger partial charge in [0.15, 0.2) is 0 Å². The molecule has 2 aromatic carbocycles. The average molecular weight is 497 g/mol. The number of aliphatic hydroxyl groups excluding tert-OH is 1. The van der Waals surface area contributed by atoms with Crippen LogP contribution in [-0.4, -0.2) is 35.2 Å². The van der Waals surface area contributed by atoms with Crippen LogP contribution in [-0.2, 0) is 22.7 Å². The van der Waals surface area contributed by atoms with Gasteiger partial charge in [-0.3, -0.25) is 4.79 Å². The zero-order chi connectivity index (χ0) is 25.8. The smallest absolute Gasteiger partial charge is 0.350 e. The molecular formula is C30H44N2O4. The Morgan fingerprint density at radius 2 is 1.28 bits per heavy atom. The van der Waals surface area contributed by atoms with Gasteiger partial charge in [0.1, 0.15) is 6.61 Å². The van der Waals surface area contributed by atoms with Crippen molar-refractivity contribution >= 4 is 11.9 Å². The zero-order valence-corrected chi connectivity index (χ0v) is 21.9. The lowest BCUT2D eigenvalue weighted by Crippen LogP contribution is -2.28. The Morgan fingerprint density at radius 3 is 1.83 bits per heavy atom. The third-order valence-electron chi connectivity index (χ3n) is 6.20. The fourth-order valence-electron chi connectivity index (χ4n) is 4.14. The molecule has 198 valence electrons. The van der Waals surface area contributed by atoms with Crippen LogP contribution in [0.25, 0.3) is 0 Å². The summed E-state index contributed by atoms with van der Waals surface area (Å²) >= 11 is 0. The van der Waals surface area contributed by atoms with Gasteiger partial charge in [0, 0.05) is 12.1 Å². The van der Waals surface area contributed by atoms with Gasteiger partial charge in [-0.15, -0.1) is 5.06 Å². The Hall–Kier alpha value is -2.70. The maximum atomic E-state index is 12.5. The second kappa shape index (κ2) is 18.6. The highest BCUT2D eigenvalue weighted by molar-refractivity contribution is 5.94. The Kier molecular flexibility index (Phi) is 15.2. The summed E-state index contributed by atoms with van der Waals surface area (Å²) in [5.74, 6) is -0.772. The summed E-state index contributed by atoms with van der Waals surface area (Å²) in [5.41, 5.74) is 2.50. The van der Waals surface area contributed by atoms with Gasteiger partial charge in [-0.25, -0.2) is 4.79 Å². The third kappa shape index (κ3) is 12.8. The molecular weight excluding hydrogens is 452 g/mol. The number of benzene rings is 2. The molecule has 6 nitrogen and oxygen atoms in total. The topological polar surface area (TPSA) is 78.9 Å². The molecule has 0 aliphatic carbocycles. The Morgan fingerprint density at radius 1 is 0.750 bits per heavy atom. The fraction of sp³-hybridized carbons (Fsp3) is 0.533. The highest BCUT2D eigenvalue weighted by atomic mass is 16.7. The zero-order valence-electron chi connectivity index (χ0n) is 21.9. The van der Waals surface area contributed by atoms with Crippen LogP contribution in [0.3, 0.4) is 0 Å². The van der Waals surface area contributed by atoms with E-state index in [1.54, 1.807) is 12.1 Å². The summed E-state index contributed by atoms with van der Waals surface area (Å²) < 4.78 is 0. The van der Waals surface area contributed by atoms with Crippen LogP contribution in [0, 0.1) is 0 Å². The summed E-state index contributed by atoms with van der Waals surface area (Å²) in [6.45, 7) is 3.02. The van der Waals surface area contributed by atoms with Gasteiger partial charge < -0.3 is 15.3 Å². The molecule has 0 aliphatic rings. The molecule has 1 amide bonds. The lowest BCUT2D eigenvalue weighted by atomic mass is 10.1. The number of rotatable bonds is 19. The van der Waals surface area contributed by atoms with Crippen molar-refractivity contribution in [3.05, 3.63) is 71.3 Å². The minimum Gasteiger partial charge on any atom is -0.385 e. The van der Waals surface area contributed by atoms with Crippen molar-refractivity contribution in [2.45, 2.75) is 90.6 Å². The van der Waals surface area contributed by atoms with Crippen LogP contribution in [0.15, 0.2) is 54.6 Å². The first kappa shape index (κ1) is 29.5. The highest BCUT2D eigenvalue weighted by Gasteiger charge is 2.13. The van der Waals surface area contributed by atoms with Crippen LogP contribution in [0.2, 0.25) is 0 Å². The molecule has 0 radical (unpaired) electrons. The lowest BCUT2D eigenvalue weighted by molar-refractivity contribution is -0.200. The van der Waals surface area contributed by atoms with E-state index in [0.29, 0.717) is 25.2 Å². The van der Waals surface area contributed by atoms with Crippen molar-refractivity contribution in [2.75, 3.05) is 13.2 Å². The molecule has 0 saturated carbocycles. The quantitative estimate of drug-likeness (QED) is 0.179. The van der Waals surface area contributed by atoms with Crippen molar-refractivity contribution in [2.24, 2.45) is 0 Å². The SMILES string of the molecule is CCCCCCCCCCCCCNC(=O)c1ccc(CN(Cc2ccccc2)OC(=O)CO)cc1. The first-order chi connectivity index (χ1) is 17.6. The third-order valence-corrected chi connectivity index (χ3v) is 6.20. The number of carbonyl (C=O) groups excluding carboxylic acids is 2. The van der Waals surface area contributed by atoms with E-state index in [9.17, 15) is 9.59 Å². The first-order valence-corrected chi connectivity index (χ1v) is 13.6. The van der Waals surface area contributed by atoms with Crippen LogP contribution in [0.4, 0.5) is 0 Å². The van der Waals surface area contributed by atoms with E-state index < -0.39 is 12.6 Å². The van der Waals surface area contributed by atoms with E-state index >= 15 is 0 Å². The predicted octanol–water partition coefficient (Wildman–Crippen LogP) is 6.18. The molecule has 0 aliphatic heterocycles. The van der Waals surface area contributed by atoms with Crippen molar-refractivity contribution in [3.8, 4) is 0 Å². The van der Waals surface area contributed by atoms with Crippen LogP contribution >= 0.6 is 0 Å². The highest BCUT2D eigenvalue weighted by Crippen LogP contribution is 2.13. The molecule has 2 rings (SSSR count). The number of amides is 1. The molecule has 0 aromatic heterocycles. The van der Waals surface area contributed by atoms with E-state index in [1.807, 2.05) is 42.5 Å². The lowest BCUT2D eigenvalue weighted by Gasteiger charge is -2.21. The maximum absolute atomic E-state index is 12.5. The van der Waals surface area contributed by atoms with Crippen molar-refractivity contribution in [3.63, 3.8) is 0 Å². The van der Waals surface area contributed by atoms with Gasteiger partial charge in [0.2, 0.25) is 0 Å². The fourth-order valence-corrected chi connectivity index (χ4v) is 4.14. The molecule has 0 unspecified atom stereocenters. The van der Waals surface area contributed by atoms with Crippen molar-refractivity contribution in [1.82, 2.24) is 10.4 Å². The predicted molar refractivity (Wildman–Crippen MR) is 144 cm³/mol. The molecule has 0 spiro atoms. The van der Waals surface area contributed by atoms with Crippen LogP contribution in [0.5, 0.6) is 0 Å². The van der Waals surface area contributed by atoms with E-state index in [2.05, 4.69) is 12.2 Å². The number of nitrogens with zero attached hydrogens (tertiary/aromatic N) is 1. The van der Waals surface area contributed by atoms with Crippen molar-refractivity contribution < 1.29 is 19.5 Å². The molecule has 6 heteroatoms. The minimum atomic E-state index is -0.704. The van der Waals surface area contributed by atoms with Gasteiger partial charge in [-0.05, 0) is 29.7 Å². The first-order valence-electron chi connectivity index (χ1n) is 13.6. The average Bonchev–Trinajstić information content (AvgIpc) is 2.90. The number of nitrogens with one attached hydrogen (secondary N) is 1. The second-order valence-corrected chi connectivity index (χ2v) is 9.39.